The molecule has 0 aliphatic heterocycles. The van der Waals surface area contributed by atoms with Crippen molar-refractivity contribution in [2.75, 3.05) is 0 Å². The molecule has 0 unspecified atom stereocenters. The summed E-state index contributed by atoms with van der Waals surface area (Å²) in [7, 11) is 0. The van der Waals surface area contributed by atoms with E-state index in [0.29, 0.717) is 0 Å². The van der Waals surface area contributed by atoms with Crippen molar-refractivity contribution in [1.29, 1.82) is 5.26 Å². The van der Waals surface area contributed by atoms with E-state index in [0.717, 1.165) is 12.8 Å². The summed E-state index contributed by atoms with van der Waals surface area (Å²) in [5, 5.41) is 9.22. The Morgan fingerprint density at radius 3 is 2.33 bits per heavy atom. The van der Waals surface area contributed by atoms with E-state index in [4.69, 9.17) is 0 Å². The zero-order valence-corrected chi connectivity index (χ0v) is 9.55. The molecular formula is C13H13NS. The SMILES string of the molecule is Cc1ccc(SC2(C#N)CC=CC2)cc1. The largest absolute Gasteiger partial charge is 0.197 e. The van der Waals surface area contributed by atoms with Crippen LogP contribution in [0.25, 0.3) is 0 Å². The Labute approximate surface area is 94.8 Å². The molecule has 0 heterocycles. The van der Waals surface area contributed by atoms with Crippen LogP contribution >= 0.6 is 11.8 Å². The highest BCUT2D eigenvalue weighted by atomic mass is 32.2. The summed E-state index contributed by atoms with van der Waals surface area (Å²) < 4.78 is -0.255. The molecule has 76 valence electrons. The van der Waals surface area contributed by atoms with Crippen molar-refractivity contribution in [1.82, 2.24) is 0 Å². The van der Waals surface area contributed by atoms with E-state index >= 15 is 0 Å². The normalized spacial score (nSPS) is 17.6. The molecule has 1 aliphatic rings. The number of hydrogen-bond donors (Lipinski definition) is 0. The van der Waals surface area contributed by atoms with Gasteiger partial charge in [-0.15, -0.1) is 11.8 Å². The molecule has 0 bridgehead atoms. The summed E-state index contributed by atoms with van der Waals surface area (Å²) in [4.78, 5) is 1.19. The quantitative estimate of drug-likeness (QED) is 0.702. The summed E-state index contributed by atoms with van der Waals surface area (Å²) in [5.41, 5.74) is 1.26. The minimum absolute atomic E-state index is 0.255. The molecule has 1 aromatic carbocycles. The van der Waals surface area contributed by atoms with Gasteiger partial charge in [0.15, 0.2) is 0 Å². The lowest BCUT2D eigenvalue weighted by Gasteiger charge is -2.19. The average molecular weight is 215 g/mol. The summed E-state index contributed by atoms with van der Waals surface area (Å²) in [5.74, 6) is 0. The topological polar surface area (TPSA) is 23.8 Å². The standard InChI is InChI=1S/C13H13NS/c1-11-4-6-12(7-5-11)15-13(10-14)8-2-3-9-13/h2-7H,8-9H2,1H3. The van der Waals surface area contributed by atoms with Gasteiger partial charge in [-0.1, -0.05) is 29.8 Å². The monoisotopic (exact) mass is 215 g/mol. The second kappa shape index (κ2) is 4.12. The van der Waals surface area contributed by atoms with Crippen LogP contribution in [0, 0.1) is 18.3 Å². The van der Waals surface area contributed by atoms with Crippen LogP contribution in [-0.4, -0.2) is 4.75 Å². The highest BCUT2D eigenvalue weighted by molar-refractivity contribution is 8.01. The zero-order chi connectivity index (χ0) is 10.7. The van der Waals surface area contributed by atoms with Gasteiger partial charge >= 0.3 is 0 Å². The van der Waals surface area contributed by atoms with Crippen molar-refractivity contribution in [3.63, 3.8) is 0 Å². The van der Waals surface area contributed by atoms with E-state index in [9.17, 15) is 5.26 Å². The first-order valence-corrected chi connectivity index (χ1v) is 5.88. The van der Waals surface area contributed by atoms with Crippen molar-refractivity contribution in [2.24, 2.45) is 0 Å². The summed E-state index contributed by atoms with van der Waals surface area (Å²) in [6, 6.07) is 10.8. The number of allylic oxidation sites excluding steroid dienone is 2. The highest BCUT2D eigenvalue weighted by Crippen LogP contribution is 2.41. The van der Waals surface area contributed by atoms with Gasteiger partial charge in [-0.3, -0.25) is 0 Å². The van der Waals surface area contributed by atoms with E-state index in [-0.39, 0.29) is 4.75 Å². The van der Waals surface area contributed by atoms with E-state index in [1.54, 1.807) is 11.8 Å². The van der Waals surface area contributed by atoms with Gasteiger partial charge in [0.1, 0.15) is 4.75 Å². The molecule has 0 spiro atoms. The smallest absolute Gasteiger partial charge is 0.114 e. The van der Waals surface area contributed by atoms with E-state index < -0.39 is 0 Å². The lowest BCUT2D eigenvalue weighted by Crippen LogP contribution is -2.16. The third-order valence-corrected chi connectivity index (χ3v) is 3.92. The predicted octanol–water partition coefficient (Wildman–Crippen LogP) is 3.70. The van der Waals surface area contributed by atoms with Crippen LogP contribution in [0.2, 0.25) is 0 Å². The van der Waals surface area contributed by atoms with Crippen LogP contribution in [0.1, 0.15) is 18.4 Å². The third-order valence-electron chi connectivity index (χ3n) is 2.60. The molecule has 0 radical (unpaired) electrons. The van der Waals surface area contributed by atoms with E-state index in [2.05, 4.69) is 49.4 Å². The third kappa shape index (κ3) is 2.24. The number of thioether (sulfide) groups is 1. The molecule has 15 heavy (non-hydrogen) atoms. The van der Waals surface area contributed by atoms with Gasteiger partial charge in [-0.05, 0) is 31.9 Å². The Balaban J connectivity index is 2.14. The number of rotatable bonds is 2. The Kier molecular flexibility index (Phi) is 2.83. The van der Waals surface area contributed by atoms with Crippen LogP contribution in [0.3, 0.4) is 0 Å². The first-order chi connectivity index (χ1) is 7.24. The van der Waals surface area contributed by atoms with E-state index in [1.165, 1.54) is 10.5 Å². The fourth-order valence-electron chi connectivity index (χ4n) is 1.66. The second-order valence-electron chi connectivity index (χ2n) is 3.90. The van der Waals surface area contributed by atoms with Gasteiger partial charge in [-0.25, -0.2) is 0 Å². The van der Waals surface area contributed by atoms with E-state index in [1.807, 2.05) is 0 Å². The number of aryl methyl sites for hydroxylation is 1. The predicted molar refractivity (Wildman–Crippen MR) is 63.8 cm³/mol. The molecule has 0 saturated heterocycles. The molecule has 1 aromatic rings. The molecular weight excluding hydrogens is 202 g/mol. The second-order valence-corrected chi connectivity index (χ2v) is 5.36. The van der Waals surface area contributed by atoms with Gasteiger partial charge in [0, 0.05) is 4.90 Å². The van der Waals surface area contributed by atoms with Gasteiger partial charge in [0.05, 0.1) is 6.07 Å². The maximum Gasteiger partial charge on any atom is 0.114 e. The van der Waals surface area contributed by atoms with Crippen LogP contribution in [-0.2, 0) is 0 Å². The molecule has 0 saturated carbocycles. The summed E-state index contributed by atoms with van der Waals surface area (Å²) >= 11 is 1.68. The maximum absolute atomic E-state index is 9.22. The van der Waals surface area contributed by atoms with Crippen LogP contribution in [0.15, 0.2) is 41.3 Å². The lowest BCUT2D eigenvalue weighted by molar-refractivity contribution is 0.792. The molecule has 0 N–H and O–H groups in total. The van der Waals surface area contributed by atoms with Gasteiger partial charge in [0.2, 0.25) is 0 Å². The Morgan fingerprint density at radius 1 is 1.20 bits per heavy atom. The number of hydrogen-bond acceptors (Lipinski definition) is 2. The Morgan fingerprint density at radius 2 is 1.80 bits per heavy atom. The maximum atomic E-state index is 9.22. The van der Waals surface area contributed by atoms with Gasteiger partial charge in [0.25, 0.3) is 0 Å². The van der Waals surface area contributed by atoms with Crippen molar-refractivity contribution < 1.29 is 0 Å². The molecule has 0 aromatic heterocycles. The van der Waals surface area contributed by atoms with Crippen LogP contribution in [0.4, 0.5) is 0 Å². The molecule has 0 atom stereocenters. The highest BCUT2D eigenvalue weighted by Gasteiger charge is 2.31. The fourth-order valence-corrected chi connectivity index (χ4v) is 2.79. The fraction of sp³-hybridized carbons (Fsp3) is 0.308. The summed E-state index contributed by atoms with van der Waals surface area (Å²) in [6.07, 6.45) is 5.93. The van der Waals surface area contributed by atoms with Crippen molar-refractivity contribution in [3.8, 4) is 6.07 Å². The van der Waals surface area contributed by atoms with Crippen LogP contribution < -0.4 is 0 Å². The molecule has 1 nitrogen and oxygen atoms in total. The molecule has 2 rings (SSSR count). The molecule has 1 aliphatic carbocycles. The number of benzene rings is 1. The van der Waals surface area contributed by atoms with Gasteiger partial charge in [-0.2, -0.15) is 5.26 Å². The summed E-state index contributed by atoms with van der Waals surface area (Å²) in [6.45, 7) is 2.08. The number of nitriles is 1. The van der Waals surface area contributed by atoms with Gasteiger partial charge < -0.3 is 0 Å². The van der Waals surface area contributed by atoms with Crippen LogP contribution in [0.5, 0.6) is 0 Å². The Hall–Kier alpha value is -1.20. The zero-order valence-electron chi connectivity index (χ0n) is 8.73. The number of nitrogens with zero attached hydrogens (tertiary/aromatic N) is 1. The lowest BCUT2D eigenvalue weighted by atomic mass is 10.1. The first-order valence-electron chi connectivity index (χ1n) is 5.06. The molecule has 2 heteroatoms. The van der Waals surface area contributed by atoms with Crippen molar-refractivity contribution in [2.45, 2.75) is 29.4 Å². The van der Waals surface area contributed by atoms with Crippen molar-refractivity contribution in [3.05, 3.63) is 42.0 Å². The molecule has 0 fully saturated rings. The van der Waals surface area contributed by atoms with Crippen molar-refractivity contribution >= 4 is 11.8 Å². The molecule has 0 amide bonds. The first kappa shape index (κ1) is 10.3. The Bertz CT molecular complexity index is 403. The minimum Gasteiger partial charge on any atom is -0.197 e. The minimum atomic E-state index is -0.255. The average Bonchev–Trinajstić information content (AvgIpc) is 2.71.